The molecule has 0 spiro atoms. The van der Waals surface area contributed by atoms with Gasteiger partial charge in [0.2, 0.25) is 5.88 Å². The zero-order valence-corrected chi connectivity index (χ0v) is 16.8. The molecule has 1 atom stereocenters. The summed E-state index contributed by atoms with van der Waals surface area (Å²) in [4.78, 5) is 12.9. The van der Waals surface area contributed by atoms with Gasteiger partial charge in [-0.05, 0) is 49.2 Å². The van der Waals surface area contributed by atoms with Gasteiger partial charge in [0.25, 0.3) is 5.91 Å². The maximum Gasteiger partial charge on any atom is 0.281 e. The lowest BCUT2D eigenvalue weighted by atomic mass is 10.0. The molecule has 2 aromatic heterocycles. The molecule has 4 rings (SSSR count). The van der Waals surface area contributed by atoms with Crippen LogP contribution in [0.5, 0.6) is 5.88 Å². The highest BCUT2D eigenvalue weighted by molar-refractivity contribution is 6.30. The Hall–Kier alpha value is -3.19. The molecular formula is C21H19ClN4O3. The third kappa shape index (κ3) is 4.14. The molecule has 3 aromatic rings. The number of benzene rings is 1. The Bertz CT molecular complexity index is 1050. The summed E-state index contributed by atoms with van der Waals surface area (Å²) in [7, 11) is 0. The lowest BCUT2D eigenvalue weighted by Gasteiger charge is -2.19. The van der Waals surface area contributed by atoms with Crippen molar-refractivity contribution in [3.8, 4) is 5.88 Å². The first-order chi connectivity index (χ1) is 14.0. The van der Waals surface area contributed by atoms with Crippen LogP contribution in [0, 0.1) is 13.8 Å². The standard InChI is InChI=1S/C21H19ClN4O3/c1-13-10-20(24-23-14(13)2)29-12-21(27)26-18(19-4-3-9-28-19)11-17(25-26)15-5-7-16(22)8-6-15/h3-10,18H,11-12H2,1-2H3. The summed E-state index contributed by atoms with van der Waals surface area (Å²) >= 11 is 5.98. The van der Waals surface area contributed by atoms with Crippen LogP contribution >= 0.6 is 11.6 Å². The van der Waals surface area contributed by atoms with Gasteiger partial charge in [-0.3, -0.25) is 4.79 Å². The predicted molar refractivity (Wildman–Crippen MR) is 108 cm³/mol. The van der Waals surface area contributed by atoms with Crippen LogP contribution in [0.25, 0.3) is 0 Å². The highest BCUT2D eigenvalue weighted by Crippen LogP contribution is 2.33. The minimum Gasteiger partial charge on any atom is -0.467 e. The Kier molecular flexibility index (Phi) is 5.31. The number of aromatic nitrogens is 2. The van der Waals surface area contributed by atoms with Crippen molar-refractivity contribution in [1.82, 2.24) is 15.2 Å². The minimum absolute atomic E-state index is 0.203. The molecule has 148 valence electrons. The van der Waals surface area contributed by atoms with Gasteiger partial charge in [-0.25, -0.2) is 5.01 Å². The average molecular weight is 411 g/mol. The van der Waals surface area contributed by atoms with E-state index in [-0.39, 0.29) is 18.6 Å². The van der Waals surface area contributed by atoms with Crippen molar-refractivity contribution in [2.24, 2.45) is 5.10 Å². The molecule has 0 radical (unpaired) electrons. The Morgan fingerprint density at radius 2 is 2.03 bits per heavy atom. The fourth-order valence-corrected chi connectivity index (χ4v) is 3.18. The molecule has 3 heterocycles. The van der Waals surface area contributed by atoms with Crippen molar-refractivity contribution in [3.05, 3.63) is 76.3 Å². The first kappa shape index (κ1) is 19.1. The van der Waals surface area contributed by atoms with Crippen molar-refractivity contribution < 1.29 is 13.9 Å². The molecule has 0 N–H and O–H groups in total. The fraction of sp³-hybridized carbons (Fsp3) is 0.238. The molecule has 0 bridgehead atoms. The highest BCUT2D eigenvalue weighted by Gasteiger charge is 2.35. The topological polar surface area (TPSA) is 80.8 Å². The number of hydrogen-bond donors (Lipinski definition) is 0. The number of furan rings is 1. The van der Waals surface area contributed by atoms with Gasteiger partial charge in [0.15, 0.2) is 6.61 Å². The van der Waals surface area contributed by atoms with Crippen LogP contribution in [0.4, 0.5) is 0 Å². The number of carbonyl (C=O) groups excluding carboxylic acids is 1. The summed E-state index contributed by atoms with van der Waals surface area (Å²) in [6.07, 6.45) is 2.11. The number of rotatable bonds is 5. The normalized spacial score (nSPS) is 16.0. The van der Waals surface area contributed by atoms with Gasteiger partial charge in [-0.15, -0.1) is 5.10 Å². The lowest BCUT2D eigenvalue weighted by molar-refractivity contribution is -0.135. The Morgan fingerprint density at radius 1 is 1.24 bits per heavy atom. The van der Waals surface area contributed by atoms with E-state index >= 15 is 0 Å². The number of hydrazone groups is 1. The van der Waals surface area contributed by atoms with Crippen LogP contribution in [0.1, 0.15) is 35.0 Å². The van der Waals surface area contributed by atoms with Crippen molar-refractivity contribution >= 4 is 23.2 Å². The third-order valence-corrected chi connectivity index (χ3v) is 5.02. The summed E-state index contributed by atoms with van der Waals surface area (Å²) in [6, 6.07) is 12.4. The van der Waals surface area contributed by atoms with Crippen LogP contribution in [0.2, 0.25) is 5.02 Å². The van der Waals surface area contributed by atoms with E-state index < -0.39 is 0 Å². The van der Waals surface area contributed by atoms with Crippen LogP contribution in [0.3, 0.4) is 0 Å². The highest BCUT2D eigenvalue weighted by atomic mass is 35.5. The Balaban J connectivity index is 1.54. The second-order valence-corrected chi connectivity index (χ2v) is 7.20. The largest absolute Gasteiger partial charge is 0.467 e. The monoisotopic (exact) mass is 410 g/mol. The molecule has 1 unspecified atom stereocenters. The molecule has 1 aromatic carbocycles. The smallest absolute Gasteiger partial charge is 0.281 e. The summed E-state index contributed by atoms with van der Waals surface area (Å²) in [5, 5.41) is 14.6. The SMILES string of the molecule is Cc1cc(OCC(=O)N2N=C(c3ccc(Cl)cc3)CC2c2ccco2)nnc1C. The van der Waals surface area contributed by atoms with Gasteiger partial charge in [0.05, 0.1) is 17.7 Å². The van der Waals surface area contributed by atoms with E-state index in [0.717, 1.165) is 22.5 Å². The Labute approximate surface area is 173 Å². The zero-order chi connectivity index (χ0) is 20.4. The minimum atomic E-state index is -0.336. The number of amides is 1. The van der Waals surface area contributed by atoms with E-state index in [1.807, 2.05) is 32.0 Å². The van der Waals surface area contributed by atoms with Gasteiger partial charge in [0.1, 0.15) is 11.8 Å². The quantitative estimate of drug-likeness (QED) is 0.632. The van der Waals surface area contributed by atoms with E-state index in [1.54, 1.807) is 30.5 Å². The predicted octanol–water partition coefficient (Wildman–Crippen LogP) is 4.10. The molecule has 1 aliphatic rings. The molecule has 0 saturated heterocycles. The number of aryl methyl sites for hydroxylation is 2. The number of hydrogen-bond acceptors (Lipinski definition) is 6. The van der Waals surface area contributed by atoms with Crippen molar-refractivity contribution in [1.29, 1.82) is 0 Å². The molecule has 1 amide bonds. The van der Waals surface area contributed by atoms with E-state index in [1.165, 1.54) is 5.01 Å². The molecule has 8 heteroatoms. The first-order valence-corrected chi connectivity index (χ1v) is 9.51. The van der Waals surface area contributed by atoms with Crippen molar-refractivity contribution in [3.63, 3.8) is 0 Å². The number of nitrogens with zero attached hydrogens (tertiary/aromatic N) is 4. The third-order valence-electron chi connectivity index (χ3n) is 4.77. The van der Waals surface area contributed by atoms with Crippen LogP contribution < -0.4 is 4.74 Å². The fourth-order valence-electron chi connectivity index (χ4n) is 3.05. The summed E-state index contributed by atoms with van der Waals surface area (Å²) < 4.78 is 11.1. The van der Waals surface area contributed by atoms with Gasteiger partial charge in [0, 0.05) is 17.5 Å². The van der Waals surface area contributed by atoms with Gasteiger partial charge in [-0.2, -0.15) is 10.2 Å². The van der Waals surface area contributed by atoms with Crippen LogP contribution in [0.15, 0.2) is 58.2 Å². The van der Waals surface area contributed by atoms with Crippen LogP contribution in [-0.4, -0.2) is 33.4 Å². The second-order valence-electron chi connectivity index (χ2n) is 6.77. The maximum atomic E-state index is 12.9. The molecule has 0 saturated carbocycles. The second kappa shape index (κ2) is 8.05. The van der Waals surface area contributed by atoms with E-state index in [9.17, 15) is 4.79 Å². The molecule has 0 aliphatic carbocycles. The summed E-state index contributed by atoms with van der Waals surface area (Å²) in [5.41, 5.74) is 3.45. The number of halogens is 1. The molecular weight excluding hydrogens is 392 g/mol. The van der Waals surface area contributed by atoms with Crippen molar-refractivity contribution in [2.75, 3.05) is 6.61 Å². The van der Waals surface area contributed by atoms with Crippen LogP contribution in [-0.2, 0) is 4.79 Å². The molecule has 1 aliphatic heterocycles. The van der Waals surface area contributed by atoms with E-state index in [0.29, 0.717) is 23.1 Å². The first-order valence-electron chi connectivity index (χ1n) is 9.14. The van der Waals surface area contributed by atoms with Gasteiger partial charge >= 0.3 is 0 Å². The number of ether oxygens (including phenoxy) is 1. The summed E-state index contributed by atoms with van der Waals surface area (Å²) in [5.74, 6) is 0.671. The van der Waals surface area contributed by atoms with E-state index in [4.69, 9.17) is 20.8 Å². The Morgan fingerprint density at radius 3 is 2.72 bits per heavy atom. The molecule has 29 heavy (non-hydrogen) atoms. The lowest BCUT2D eigenvalue weighted by Crippen LogP contribution is -2.31. The maximum absolute atomic E-state index is 12.9. The molecule has 7 nitrogen and oxygen atoms in total. The number of carbonyl (C=O) groups is 1. The zero-order valence-electron chi connectivity index (χ0n) is 16.0. The van der Waals surface area contributed by atoms with Crippen molar-refractivity contribution in [2.45, 2.75) is 26.3 Å². The van der Waals surface area contributed by atoms with E-state index in [2.05, 4.69) is 15.3 Å². The summed E-state index contributed by atoms with van der Waals surface area (Å²) in [6.45, 7) is 3.57. The molecule has 0 fully saturated rings. The van der Waals surface area contributed by atoms with Gasteiger partial charge < -0.3 is 9.15 Å². The van der Waals surface area contributed by atoms with Gasteiger partial charge in [-0.1, -0.05) is 23.7 Å². The average Bonchev–Trinajstić information content (AvgIpc) is 3.39.